The molecule has 0 aliphatic heterocycles. The summed E-state index contributed by atoms with van der Waals surface area (Å²) in [7, 11) is 0. The van der Waals surface area contributed by atoms with Gasteiger partial charge in [-0.2, -0.15) is 0 Å². The number of hydrogen-bond donors (Lipinski definition) is 2. The van der Waals surface area contributed by atoms with Crippen molar-refractivity contribution in [1.82, 2.24) is 5.32 Å². The molecule has 1 amide bonds. The fourth-order valence-corrected chi connectivity index (χ4v) is 1.91. The lowest BCUT2D eigenvalue weighted by atomic mass is 9.66. The minimum absolute atomic E-state index is 0.0237. The number of carbonyl (C=O) groups excluding carboxylic acids is 1. The van der Waals surface area contributed by atoms with Gasteiger partial charge < -0.3 is 10.4 Å². The maximum absolute atomic E-state index is 11.9. The summed E-state index contributed by atoms with van der Waals surface area (Å²) in [5, 5.41) is 11.7. The van der Waals surface area contributed by atoms with Crippen molar-refractivity contribution in [2.45, 2.75) is 46.5 Å². The maximum atomic E-state index is 11.9. The number of nitrogens with one attached hydrogen (secondary N) is 1. The quantitative estimate of drug-likeness (QED) is 0.752. The van der Waals surface area contributed by atoms with Crippen LogP contribution in [0.25, 0.3) is 0 Å². The normalized spacial score (nSPS) is 18.7. The van der Waals surface area contributed by atoms with E-state index in [1.807, 2.05) is 6.92 Å². The Morgan fingerprint density at radius 3 is 2.25 bits per heavy atom. The molecule has 0 aromatic rings. The van der Waals surface area contributed by atoms with Gasteiger partial charge in [0.05, 0.1) is 5.41 Å². The fourth-order valence-electron chi connectivity index (χ4n) is 1.91. The molecule has 4 heteroatoms. The SMILES string of the molecule is CCC1(C(=O)NCC(C)(C)C(=O)O)CCC1. The molecule has 1 saturated carbocycles. The minimum Gasteiger partial charge on any atom is -0.481 e. The average molecular weight is 227 g/mol. The lowest BCUT2D eigenvalue weighted by Gasteiger charge is -2.40. The summed E-state index contributed by atoms with van der Waals surface area (Å²) >= 11 is 0. The molecule has 0 unspecified atom stereocenters. The van der Waals surface area contributed by atoms with E-state index in [9.17, 15) is 9.59 Å². The Hall–Kier alpha value is -1.06. The molecule has 0 aromatic carbocycles. The first-order chi connectivity index (χ1) is 7.34. The molecule has 1 fully saturated rings. The lowest BCUT2D eigenvalue weighted by Crippen LogP contribution is -2.48. The van der Waals surface area contributed by atoms with Crippen LogP contribution in [0.2, 0.25) is 0 Å². The Morgan fingerprint density at radius 2 is 1.94 bits per heavy atom. The molecular formula is C12H21NO3. The summed E-state index contributed by atoms with van der Waals surface area (Å²) in [4.78, 5) is 22.8. The van der Waals surface area contributed by atoms with E-state index in [0.29, 0.717) is 0 Å². The van der Waals surface area contributed by atoms with Crippen molar-refractivity contribution in [2.24, 2.45) is 10.8 Å². The van der Waals surface area contributed by atoms with Crippen LogP contribution in [-0.2, 0) is 9.59 Å². The molecule has 0 radical (unpaired) electrons. The van der Waals surface area contributed by atoms with Crippen molar-refractivity contribution < 1.29 is 14.7 Å². The molecule has 16 heavy (non-hydrogen) atoms. The summed E-state index contributed by atoms with van der Waals surface area (Å²) in [5.74, 6) is -0.859. The predicted molar refractivity (Wildman–Crippen MR) is 61.0 cm³/mol. The summed E-state index contributed by atoms with van der Waals surface area (Å²) in [6, 6.07) is 0. The van der Waals surface area contributed by atoms with Crippen LogP contribution in [0.15, 0.2) is 0 Å². The van der Waals surface area contributed by atoms with Crippen LogP contribution in [0.5, 0.6) is 0 Å². The smallest absolute Gasteiger partial charge is 0.310 e. The van der Waals surface area contributed by atoms with Crippen LogP contribution < -0.4 is 5.32 Å². The van der Waals surface area contributed by atoms with Gasteiger partial charge in [0, 0.05) is 12.0 Å². The molecular weight excluding hydrogens is 206 g/mol. The molecule has 0 spiro atoms. The zero-order valence-corrected chi connectivity index (χ0v) is 10.3. The van der Waals surface area contributed by atoms with Gasteiger partial charge in [-0.1, -0.05) is 13.3 Å². The Labute approximate surface area is 96.4 Å². The molecule has 0 atom stereocenters. The van der Waals surface area contributed by atoms with Crippen molar-refractivity contribution >= 4 is 11.9 Å². The molecule has 0 bridgehead atoms. The van der Waals surface area contributed by atoms with Crippen LogP contribution in [0.1, 0.15) is 46.5 Å². The number of rotatable bonds is 5. The number of aliphatic carboxylic acids is 1. The Balaban J connectivity index is 2.50. The first-order valence-electron chi connectivity index (χ1n) is 5.86. The van der Waals surface area contributed by atoms with Gasteiger partial charge >= 0.3 is 5.97 Å². The average Bonchev–Trinajstić information content (AvgIpc) is 2.14. The number of amides is 1. The van der Waals surface area contributed by atoms with Crippen molar-refractivity contribution in [2.75, 3.05) is 6.54 Å². The summed E-state index contributed by atoms with van der Waals surface area (Å²) < 4.78 is 0. The van der Waals surface area contributed by atoms with Gasteiger partial charge in [-0.15, -0.1) is 0 Å². The monoisotopic (exact) mass is 227 g/mol. The number of hydrogen-bond acceptors (Lipinski definition) is 2. The molecule has 4 nitrogen and oxygen atoms in total. The number of carbonyl (C=O) groups is 2. The molecule has 92 valence electrons. The first-order valence-corrected chi connectivity index (χ1v) is 5.86. The van der Waals surface area contributed by atoms with Crippen LogP contribution >= 0.6 is 0 Å². The Kier molecular flexibility index (Phi) is 3.61. The Morgan fingerprint density at radius 1 is 1.38 bits per heavy atom. The van der Waals surface area contributed by atoms with E-state index in [1.54, 1.807) is 13.8 Å². The van der Waals surface area contributed by atoms with E-state index in [4.69, 9.17) is 5.11 Å². The van der Waals surface area contributed by atoms with Gasteiger partial charge in [0.15, 0.2) is 0 Å². The topological polar surface area (TPSA) is 66.4 Å². The number of carboxylic acids is 1. The third-order valence-corrected chi connectivity index (χ3v) is 3.74. The van der Waals surface area contributed by atoms with Crippen LogP contribution in [0.3, 0.4) is 0 Å². The molecule has 0 aromatic heterocycles. The van der Waals surface area contributed by atoms with Crippen LogP contribution in [-0.4, -0.2) is 23.5 Å². The fraction of sp³-hybridized carbons (Fsp3) is 0.833. The van der Waals surface area contributed by atoms with E-state index >= 15 is 0 Å². The van der Waals surface area contributed by atoms with E-state index in [2.05, 4.69) is 5.32 Å². The molecule has 1 rings (SSSR count). The van der Waals surface area contributed by atoms with Crippen molar-refractivity contribution in [3.05, 3.63) is 0 Å². The van der Waals surface area contributed by atoms with E-state index in [-0.39, 0.29) is 17.9 Å². The van der Waals surface area contributed by atoms with Gasteiger partial charge in [-0.25, -0.2) is 0 Å². The van der Waals surface area contributed by atoms with Crippen molar-refractivity contribution in [3.8, 4) is 0 Å². The Bertz CT molecular complexity index is 287. The third kappa shape index (κ3) is 2.36. The molecule has 0 heterocycles. The van der Waals surface area contributed by atoms with Gasteiger partial charge in [-0.05, 0) is 33.1 Å². The molecule has 2 N–H and O–H groups in total. The minimum atomic E-state index is -0.895. The lowest BCUT2D eigenvalue weighted by molar-refractivity contribution is -0.147. The highest BCUT2D eigenvalue weighted by Gasteiger charge is 2.42. The second-order valence-electron chi connectivity index (χ2n) is 5.36. The molecule has 0 saturated heterocycles. The highest BCUT2D eigenvalue weighted by atomic mass is 16.4. The third-order valence-electron chi connectivity index (χ3n) is 3.74. The summed E-state index contributed by atoms with van der Waals surface area (Å²) in [6.07, 6.45) is 3.81. The first kappa shape index (κ1) is 13.0. The zero-order chi connectivity index (χ0) is 12.4. The van der Waals surface area contributed by atoms with Gasteiger partial charge in [0.1, 0.15) is 0 Å². The van der Waals surface area contributed by atoms with Gasteiger partial charge in [0.25, 0.3) is 0 Å². The highest BCUT2D eigenvalue weighted by Crippen LogP contribution is 2.43. The highest BCUT2D eigenvalue weighted by molar-refractivity contribution is 5.84. The van der Waals surface area contributed by atoms with Gasteiger partial charge in [0.2, 0.25) is 5.91 Å². The van der Waals surface area contributed by atoms with E-state index in [0.717, 1.165) is 25.7 Å². The van der Waals surface area contributed by atoms with Gasteiger partial charge in [-0.3, -0.25) is 9.59 Å². The second-order valence-corrected chi connectivity index (χ2v) is 5.36. The summed E-state index contributed by atoms with van der Waals surface area (Å²) in [5.41, 5.74) is -1.11. The van der Waals surface area contributed by atoms with Crippen molar-refractivity contribution in [3.63, 3.8) is 0 Å². The van der Waals surface area contributed by atoms with Crippen molar-refractivity contribution in [1.29, 1.82) is 0 Å². The molecule has 1 aliphatic rings. The maximum Gasteiger partial charge on any atom is 0.310 e. The standard InChI is InChI=1S/C12H21NO3/c1-4-12(6-5-7-12)9(14)13-8-11(2,3)10(15)16/h4-8H2,1-3H3,(H,13,14)(H,15,16). The van der Waals surface area contributed by atoms with E-state index in [1.165, 1.54) is 0 Å². The largest absolute Gasteiger partial charge is 0.481 e. The zero-order valence-electron chi connectivity index (χ0n) is 10.3. The van der Waals surface area contributed by atoms with Crippen LogP contribution in [0, 0.1) is 10.8 Å². The number of carboxylic acid groups (broad SMARTS) is 1. The molecule has 1 aliphatic carbocycles. The summed E-state index contributed by atoms with van der Waals surface area (Å²) in [6.45, 7) is 5.45. The predicted octanol–water partition coefficient (Wildman–Crippen LogP) is 1.79. The van der Waals surface area contributed by atoms with Crippen LogP contribution in [0.4, 0.5) is 0 Å². The second kappa shape index (κ2) is 4.44. The van der Waals surface area contributed by atoms with E-state index < -0.39 is 11.4 Å².